The molecule has 0 atom stereocenters. The Kier molecular flexibility index (Phi) is 7.73. The summed E-state index contributed by atoms with van der Waals surface area (Å²) in [7, 11) is 0. The van der Waals surface area contributed by atoms with Crippen LogP contribution in [0, 0.1) is 5.92 Å². The van der Waals surface area contributed by atoms with Gasteiger partial charge >= 0.3 is 5.97 Å². The Morgan fingerprint density at radius 3 is 2.85 bits per heavy atom. The third-order valence-electron chi connectivity index (χ3n) is 2.82. The first-order chi connectivity index (χ1) is 9.58. The molecule has 2 N–H and O–H groups in total. The predicted molar refractivity (Wildman–Crippen MR) is 80.2 cm³/mol. The molecule has 0 heterocycles. The zero-order valence-electron chi connectivity index (χ0n) is 12.4. The van der Waals surface area contributed by atoms with Gasteiger partial charge in [-0.15, -0.1) is 0 Å². The fourth-order valence-corrected chi connectivity index (χ4v) is 1.79. The van der Waals surface area contributed by atoms with E-state index in [4.69, 9.17) is 9.84 Å². The maximum Gasteiger partial charge on any atom is 0.304 e. The van der Waals surface area contributed by atoms with Gasteiger partial charge in [0.2, 0.25) is 0 Å². The van der Waals surface area contributed by atoms with Crippen LogP contribution >= 0.6 is 0 Å². The largest absolute Gasteiger partial charge is 0.493 e. The molecule has 4 heteroatoms. The van der Waals surface area contributed by atoms with Gasteiger partial charge in [-0.2, -0.15) is 0 Å². The molecule has 1 rings (SSSR count). The molecule has 4 nitrogen and oxygen atoms in total. The van der Waals surface area contributed by atoms with Crippen LogP contribution < -0.4 is 10.1 Å². The van der Waals surface area contributed by atoms with Gasteiger partial charge in [0.1, 0.15) is 5.75 Å². The van der Waals surface area contributed by atoms with E-state index in [1.807, 2.05) is 12.1 Å². The average molecular weight is 279 g/mol. The van der Waals surface area contributed by atoms with E-state index in [0.29, 0.717) is 12.5 Å². The number of carboxylic acid groups (broad SMARTS) is 1. The minimum atomic E-state index is -0.757. The summed E-state index contributed by atoms with van der Waals surface area (Å²) in [5.41, 5.74) is 1.26. The smallest absolute Gasteiger partial charge is 0.304 e. The molecule has 0 saturated carbocycles. The van der Waals surface area contributed by atoms with Crippen molar-refractivity contribution < 1.29 is 14.6 Å². The van der Waals surface area contributed by atoms with Crippen molar-refractivity contribution in [1.29, 1.82) is 0 Å². The van der Waals surface area contributed by atoms with Gasteiger partial charge in [0.05, 0.1) is 13.0 Å². The van der Waals surface area contributed by atoms with Crippen molar-refractivity contribution in [2.45, 2.75) is 33.1 Å². The Bertz CT molecular complexity index is 404. The molecule has 0 spiro atoms. The van der Waals surface area contributed by atoms with Crippen molar-refractivity contribution in [2.75, 3.05) is 19.7 Å². The van der Waals surface area contributed by atoms with Crippen LogP contribution in [0.15, 0.2) is 24.3 Å². The van der Waals surface area contributed by atoms with Crippen LogP contribution in [0.3, 0.4) is 0 Å². The van der Waals surface area contributed by atoms with Gasteiger partial charge in [-0.3, -0.25) is 4.79 Å². The van der Waals surface area contributed by atoms with Crippen molar-refractivity contribution in [3.63, 3.8) is 0 Å². The molecule has 0 aliphatic heterocycles. The maximum absolute atomic E-state index is 10.3. The Hall–Kier alpha value is -1.55. The lowest BCUT2D eigenvalue weighted by molar-refractivity contribution is -0.136. The van der Waals surface area contributed by atoms with Crippen molar-refractivity contribution >= 4 is 5.97 Å². The number of hydrogen-bond acceptors (Lipinski definition) is 3. The number of nitrogens with one attached hydrogen (secondary N) is 1. The van der Waals surface area contributed by atoms with Gasteiger partial charge in [-0.1, -0.05) is 26.0 Å². The molecule has 0 unspecified atom stereocenters. The second-order valence-electron chi connectivity index (χ2n) is 5.35. The summed E-state index contributed by atoms with van der Waals surface area (Å²) in [6, 6.07) is 8.18. The summed E-state index contributed by atoms with van der Waals surface area (Å²) in [6.45, 7) is 6.37. The van der Waals surface area contributed by atoms with Crippen LogP contribution in [-0.4, -0.2) is 30.8 Å². The monoisotopic (exact) mass is 279 g/mol. The normalized spacial score (nSPS) is 10.8. The third-order valence-corrected chi connectivity index (χ3v) is 2.82. The SMILES string of the molecule is CC(C)COc1cccc(CCCNCCC(=O)O)c1. The molecule has 0 aliphatic rings. The molecule has 0 bridgehead atoms. The Labute approximate surface area is 121 Å². The maximum atomic E-state index is 10.3. The zero-order valence-corrected chi connectivity index (χ0v) is 12.4. The van der Waals surface area contributed by atoms with Crippen LogP contribution in [-0.2, 0) is 11.2 Å². The van der Waals surface area contributed by atoms with E-state index in [2.05, 4.69) is 31.3 Å². The second-order valence-corrected chi connectivity index (χ2v) is 5.35. The minimum absolute atomic E-state index is 0.179. The lowest BCUT2D eigenvalue weighted by Gasteiger charge is -2.10. The van der Waals surface area contributed by atoms with Crippen LogP contribution in [0.5, 0.6) is 5.75 Å². The first-order valence-corrected chi connectivity index (χ1v) is 7.22. The number of carbonyl (C=O) groups is 1. The molecule has 0 amide bonds. The number of hydrogen-bond donors (Lipinski definition) is 2. The minimum Gasteiger partial charge on any atom is -0.493 e. The summed E-state index contributed by atoms with van der Waals surface area (Å²) in [6.07, 6.45) is 2.14. The van der Waals surface area contributed by atoms with E-state index in [0.717, 1.165) is 31.7 Å². The molecule has 112 valence electrons. The summed E-state index contributed by atoms with van der Waals surface area (Å²) in [5.74, 6) is 0.694. The van der Waals surface area contributed by atoms with E-state index < -0.39 is 5.97 Å². The van der Waals surface area contributed by atoms with Crippen LogP contribution in [0.4, 0.5) is 0 Å². The van der Waals surface area contributed by atoms with Gasteiger partial charge in [0.15, 0.2) is 0 Å². The van der Waals surface area contributed by atoms with Crippen molar-refractivity contribution in [1.82, 2.24) is 5.32 Å². The molecule has 1 aromatic rings. The van der Waals surface area contributed by atoms with Gasteiger partial charge in [0, 0.05) is 6.54 Å². The number of ether oxygens (including phenoxy) is 1. The van der Waals surface area contributed by atoms with Crippen LogP contribution in [0.2, 0.25) is 0 Å². The standard InChI is InChI=1S/C16H25NO3/c1-13(2)12-20-15-7-3-5-14(11-15)6-4-9-17-10-8-16(18)19/h3,5,7,11,13,17H,4,6,8-10,12H2,1-2H3,(H,18,19). The molecule has 0 aromatic heterocycles. The molecule has 0 fully saturated rings. The Morgan fingerprint density at radius 1 is 1.35 bits per heavy atom. The van der Waals surface area contributed by atoms with E-state index in [1.165, 1.54) is 5.56 Å². The highest BCUT2D eigenvalue weighted by Gasteiger charge is 2.00. The summed E-state index contributed by atoms with van der Waals surface area (Å²) >= 11 is 0. The summed E-state index contributed by atoms with van der Waals surface area (Å²) in [4.78, 5) is 10.3. The average Bonchev–Trinajstić information content (AvgIpc) is 2.40. The lowest BCUT2D eigenvalue weighted by atomic mass is 10.1. The van der Waals surface area contributed by atoms with E-state index in [1.54, 1.807) is 0 Å². The highest BCUT2D eigenvalue weighted by atomic mass is 16.5. The quantitative estimate of drug-likeness (QED) is 0.647. The van der Waals surface area contributed by atoms with Crippen LogP contribution in [0.25, 0.3) is 0 Å². The number of carboxylic acids is 1. The fraction of sp³-hybridized carbons (Fsp3) is 0.562. The Balaban J connectivity index is 2.23. The third kappa shape index (κ3) is 7.79. The summed E-state index contributed by atoms with van der Waals surface area (Å²) in [5, 5.41) is 11.6. The highest BCUT2D eigenvalue weighted by Crippen LogP contribution is 2.15. The molecule has 0 saturated heterocycles. The first-order valence-electron chi connectivity index (χ1n) is 7.22. The van der Waals surface area contributed by atoms with Crippen LogP contribution in [0.1, 0.15) is 32.3 Å². The van der Waals surface area contributed by atoms with Crippen molar-refractivity contribution in [3.05, 3.63) is 29.8 Å². The number of aryl methyl sites for hydroxylation is 1. The number of aliphatic carboxylic acids is 1. The van der Waals surface area contributed by atoms with Gasteiger partial charge in [0.25, 0.3) is 0 Å². The molecule has 0 radical (unpaired) electrons. The molecule has 0 aliphatic carbocycles. The predicted octanol–water partition coefficient (Wildman–Crippen LogP) is 2.72. The zero-order chi connectivity index (χ0) is 14.8. The van der Waals surface area contributed by atoms with E-state index in [-0.39, 0.29) is 6.42 Å². The topological polar surface area (TPSA) is 58.6 Å². The summed E-state index contributed by atoms with van der Waals surface area (Å²) < 4.78 is 5.70. The second kappa shape index (κ2) is 9.37. The van der Waals surface area contributed by atoms with Gasteiger partial charge in [-0.05, 0) is 43.0 Å². The Morgan fingerprint density at radius 2 is 2.15 bits per heavy atom. The lowest BCUT2D eigenvalue weighted by Crippen LogP contribution is -2.19. The molecule has 1 aromatic carbocycles. The molecular weight excluding hydrogens is 254 g/mol. The first kappa shape index (κ1) is 16.5. The van der Waals surface area contributed by atoms with E-state index >= 15 is 0 Å². The number of rotatable bonds is 10. The number of benzene rings is 1. The van der Waals surface area contributed by atoms with E-state index in [9.17, 15) is 4.79 Å². The van der Waals surface area contributed by atoms with Crippen molar-refractivity contribution in [3.8, 4) is 5.75 Å². The molecule has 20 heavy (non-hydrogen) atoms. The fourth-order valence-electron chi connectivity index (χ4n) is 1.79. The highest BCUT2D eigenvalue weighted by molar-refractivity contribution is 5.66. The van der Waals surface area contributed by atoms with Gasteiger partial charge < -0.3 is 15.2 Å². The van der Waals surface area contributed by atoms with Crippen molar-refractivity contribution in [2.24, 2.45) is 5.92 Å². The van der Waals surface area contributed by atoms with Gasteiger partial charge in [-0.25, -0.2) is 0 Å². The molecular formula is C16H25NO3.